The van der Waals surface area contributed by atoms with E-state index in [1.165, 1.54) is 29.4 Å². The van der Waals surface area contributed by atoms with Crippen LogP contribution in [0.15, 0.2) is 84.7 Å². The monoisotopic (exact) mass is 488 g/mol. The number of hydrogen-bond acceptors (Lipinski definition) is 4. The van der Waals surface area contributed by atoms with Gasteiger partial charge in [-0.2, -0.15) is 18.3 Å². The lowest BCUT2D eigenvalue weighted by molar-refractivity contribution is -0.137. The van der Waals surface area contributed by atoms with Gasteiger partial charge in [-0.25, -0.2) is 14.5 Å². The van der Waals surface area contributed by atoms with Crippen molar-refractivity contribution in [1.29, 1.82) is 0 Å². The largest absolute Gasteiger partial charge is 0.416 e. The molecule has 0 bridgehead atoms. The van der Waals surface area contributed by atoms with E-state index >= 15 is 0 Å². The zero-order valence-electron chi connectivity index (χ0n) is 19.0. The van der Waals surface area contributed by atoms with Crippen LogP contribution < -0.4 is 5.32 Å². The highest BCUT2D eigenvalue weighted by Gasteiger charge is 2.32. The van der Waals surface area contributed by atoms with Gasteiger partial charge in [0.2, 0.25) is 5.91 Å². The van der Waals surface area contributed by atoms with E-state index < -0.39 is 23.6 Å². The van der Waals surface area contributed by atoms with Crippen molar-refractivity contribution in [3.8, 4) is 17.5 Å². The molecule has 1 atom stereocenters. The lowest BCUT2D eigenvalue weighted by Gasteiger charge is -2.19. The SMILES string of the molecule is CC1=C(C#Cc2cnc3cccnn23)CC(C(=O)Nc2cc(-n3ccnc3)cc(C(F)(F)F)c2)C=C1. The minimum absolute atomic E-state index is 0.0441. The summed E-state index contributed by atoms with van der Waals surface area (Å²) in [5, 5.41) is 6.87. The van der Waals surface area contributed by atoms with Gasteiger partial charge in [0.15, 0.2) is 5.65 Å². The number of carbonyl (C=O) groups excluding carboxylic acids is 1. The molecule has 1 N–H and O–H groups in total. The van der Waals surface area contributed by atoms with Gasteiger partial charge < -0.3 is 9.88 Å². The van der Waals surface area contributed by atoms with Crippen LogP contribution in [0.5, 0.6) is 0 Å². The maximum Gasteiger partial charge on any atom is 0.416 e. The number of benzene rings is 1. The highest BCUT2D eigenvalue weighted by molar-refractivity contribution is 5.94. The Morgan fingerprint density at radius 1 is 1.19 bits per heavy atom. The van der Waals surface area contributed by atoms with Crippen LogP contribution in [0.25, 0.3) is 11.3 Å². The van der Waals surface area contributed by atoms with E-state index in [2.05, 4.69) is 32.2 Å². The third-order valence-corrected chi connectivity index (χ3v) is 5.75. The molecule has 1 aliphatic rings. The van der Waals surface area contributed by atoms with E-state index in [9.17, 15) is 18.0 Å². The number of aromatic nitrogens is 5. The second-order valence-corrected chi connectivity index (χ2v) is 8.24. The summed E-state index contributed by atoms with van der Waals surface area (Å²) in [6, 6.07) is 7.00. The number of rotatable bonds is 3. The Morgan fingerprint density at radius 3 is 2.83 bits per heavy atom. The van der Waals surface area contributed by atoms with E-state index in [0.717, 1.165) is 23.3 Å². The first-order chi connectivity index (χ1) is 17.3. The number of hydrogen-bond donors (Lipinski definition) is 1. The molecular weight excluding hydrogens is 469 g/mol. The van der Waals surface area contributed by atoms with Crippen molar-refractivity contribution in [2.24, 2.45) is 5.92 Å². The predicted molar refractivity (Wildman–Crippen MR) is 127 cm³/mol. The highest BCUT2D eigenvalue weighted by Crippen LogP contribution is 2.33. The summed E-state index contributed by atoms with van der Waals surface area (Å²) in [6.45, 7) is 1.89. The molecule has 0 fully saturated rings. The summed E-state index contributed by atoms with van der Waals surface area (Å²) in [4.78, 5) is 21.2. The Kier molecular flexibility index (Phi) is 5.90. The molecule has 1 aliphatic carbocycles. The van der Waals surface area contributed by atoms with Gasteiger partial charge in [-0.1, -0.05) is 18.1 Å². The van der Waals surface area contributed by atoms with Crippen LogP contribution in [0.2, 0.25) is 0 Å². The fourth-order valence-electron chi connectivity index (χ4n) is 3.84. The Bertz CT molecular complexity index is 1570. The first kappa shape index (κ1) is 23.1. The quantitative estimate of drug-likeness (QED) is 0.420. The summed E-state index contributed by atoms with van der Waals surface area (Å²) in [6.07, 6.45) is 6.93. The average molecular weight is 488 g/mol. The van der Waals surface area contributed by atoms with Gasteiger partial charge in [0.25, 0.3) is 0 Å². The summed E-state index contributed by atoms with van der Waals surface area (Å²) < 4.78 is 43.5. The number of halogens is 3. The van der Waals surface area contributed by atoms with Crippen LogP contribution in [-0.2, 0) is 11.0 Å². The molecule has 0 radical (unpaired) electrons. The number of amides is 1. The molecule has 3 heterocycles. The van der Waals surface area contributed by atoms with E-state index in [4.69, 9.17) is 0 Å². The lowest BCUT2D eigenvalue weighted by Crippen LogP contribution is -2.23. The number of fused-ring (bicyclic) bond motifs is 1. The molecule has 1 unspecified atom stereocenters. The molecule has 36 heavy (non-hydrogen) atoms. The smallest absolute Gasteiger partial charge is 0.325 e. The Labute approximate surface area is 204 Å². The van der Waals surface area contributed by atoms with Crippen LogP contribution in [0, 0.1) is 17.8 Å². The van der Waals surface area contributed by atoms with Gasteiger partial charge in [0, 0.05) is 35.5 Å². The standard InChI is InChI=1S/C26H19F3N6O/c1-17-4-5-19(11-18(17)6-7-22-15-31-24-3-2-8-32-35(22)24)25(36)33-21-12-20(26(27,28)29)13-23(14-21)34-10-9-30-16-34/h2-5,8-10,12-16,19H,11H2,1H3,(H,33,36). The van der Waals surface area contributed by atoms with Crippen LogP contribution in [-0.4, -0.2) is 30.1 Å². The van der Waals surface area contributed by atoms with Crippen molar-refractivity contribution in [2.45, 2.75) is 19.5 Å². The zero-order chi connectivity index (χ0) is 25.3. The molecule has 0 aliphatic heterocycles. The van der Waals surface area contributed by atoms with E-state index in [1.54, 1.807) is 35.1 Å². The number of alkyl halides is 3. The fraction of sp³-hybridized carbons (Fsp3) is 0.154. The van der Waals surface area contributed by atoms with Crippen molar-refractivity contribution in [2.75, 3.05) is 5.32 Å². The molecule has 4 aromatic rings. The maximum atomic E-state index is 13.5. The number of nitrogens with zero attached hydrogens (tertiary/aromatic N) is 5. The first-order valence-corrected chi connectivity index (χ1v) is 11.0. The van der Waals surface area contributed by atoms with Crippen LogP contribution in [0.3, 0.4) is 0 Å². The van der Waals surface area contributed by atoms with Gasteiger partial charge in [0.05, 0.1) is 24.0 Å². The molecule has 1 aromatic carbocycles. The third-order valence-electron chi connectivity index (χ3n) is 5.75. The summed E-state index contributed by atoms with van der Waals surface area (Å²) in [5.41, 5.74) is 2.36. The molecule has 10 heteroatoms. The van der Waals surface area contributed by atoms with Crippen molar-refractivity contribution >= 4 is 17.2 Å². The molecule has 0 saturated heterocycles. The zero-order valence-corrected chi connectivity index (χ0v) is 19.0. The first-order valence-electron chi connectivity index (χ1n) is 11.0. The van der Waals surface area contributed by atoms with E-state index in [1.807, 2.05) is 13.0 Å². The molecule has 180 valence electrons. The Balaban J connectivity index is 1.36. The third kappa shape index (κ3) is 4.77. The number of anilines is 1. The lowest BCUT2D eigenvalue weighted by atomic mass is 9.89. The van der Waals surface area contributed by atoms with Gasteiger partial charge in [0.1, 0.15) is 5.69 Å². The average Bonchev–Trinajstić information content (AvgIpc) is 3.53. The molecule has 5 rings (SSSR count). The van der Waals surface area contributed by atoms with Gasteiger partial charge in [-0.15, -0.1) is 0 Å². The van der Waals surface area contributed by atoms with Crippen molar-refractivity contribution in [3.05, 3.63) is 96.0 Å². The van der Waals surface area contributed by atoms with Gasteiger partial charge >= 0.3 is 6.18 Å². The fourth-order valence-corrected chi connectivity index (χ4v) is 3.84. The summed E-state index contributed by atoms with van der Waals surface area (Å²) in [7, 11) is 0. The number of nitrogens with one attached hydrogen (secondary N) is 1. The molecule has 3 aromatic heterocycles. The minimum Gasteiger partial charge on any atom is -0.325 e. The Hall–Kier alpha value is -4.65. The van der Waals surface area contributed by atoms with E-state index in [-0.39, 0.29) is 11.4 Å². The second-order valence-electron chi connectivity index (χ2n) is 8.24. The maximum absolute atomic E-state index is 13.5. The second kappa shape index (κ2) is 9.19. The van der Waals surface area contributed by atoms with Crippen molar-refractivity contribution in [3.63, 3.8) is 0 Å². The predicted octanol–water partition coefficient (Wildman–Crippen LogP) is 4.82. The van der Waals surface area contributed by atoms with Crippen molar-refractivity contribution < 1.29 is 18.0 Å². The van der Waals surface area contributed by atoms with Gasteiger partial charge in [-0.3, -0.25) is 4.79 Å². The topological polar surface area (TPSA) is 77.1 Å². The highest BCUT2D eigenvalue weighted by atomic mass is 19.4. The van der Waals surface area contributed by atoms with Crippen LogP contribution in [0.1, 0.15) is 24.6 Å². The Morgan fingerprint density at radius 2 is 2.06 bits per heavy atom. The number of imidazole rings is 2. The molecule has 1 amide bonds. The number of allylic oxidation sites excluding steroid dienone is 3. The van der Waals surface area contributed by atoms with Gasteiger partial charge in [-0.05, 0) is 55.2 Å². The summed E-state index contributed by atoms with van der Waals surface area (Å²) in [5.74, 6) is 5.15. The molecule has 0 spiro atoms. The van der Waals surface area contributed by atoms with Crippen LogP contribution >= 0.6 is 0 Å². The number of carbonyl (C=O) groups is 1. The minimum atomic E-state index is -4.57. The molecule has 7 nitrogen and oxygen atoms in total. The molecular formula is C26H19F3N6O. The van der Waals surface area contributed by atoms with Crippen LogP contribution in [0.4, 0.5) is 18.9 Å². The normalized spacial score (nSPS) is 15.6. The van der Waals surface area contributed by atoms with E-state index in [0.29, 0.717) is 17.8 Å². The molecule has 0 saturated carbocycles. The summed E-state index contributed by atoms with van der Waals surface area (Å²) >= 11 is 0. The van der Waals surface area contributed by atoms with Crippen molar-refractivity contribution in [1.82, 2.24) is 24.1 Å².